The molecular weight excluding hydrogens is 221 g/mol. The van der Waals surface area contributed by atoms with Crippen molar-refractivity contribution in [1.82, 2.24) is 0 Å². The zero-order valence-corrected chi connectivity index (χ0v) is 9.06. The highest BCUT2D eigenvalue weighted by atomic mass is 35.5. The van der Waals surface area contributed by atoms with Crippen LogP contribution in [0.4, 0.5) is 4.39 Å². The van der Waals surface area contributed by atoms with E-state index in [-0.39, 0.29) is 22.9 Å². The lowest BCUT2D eigenvalue weighted by Crippen LogP contribution is -1.97. The van der Waals surface area contributed by atoms with Crippen molar-refractivity contribution < 1.29 is 13.9 Å². The van der Waals surface area contributed by atoms with Crippen molar-refractivity contribution >= 4 is 17.7 Å². The first-order valence-electron chi connectivity index (χ1n) is 4.17. The van der Waals surface area contributed by atoms with Gasteiger partial charge in [0.05, 0.1) is 18.7 Å². The molecule has 0 N–H and O–H groups in total. The Morgan fingerprint density at radius 3 is 2.87 bits per heavy atom. The van der Waals surface area contributed by atoms with Crippen molar-refractivity contribution in [3.05, 3.63) is 28.0 Å². The largest absolute Gasteiger partial charge is 0.492 e. The number of hydrogen-bond donors (Lipinski definition) is 0. The third-order valence-electron chi connectivity index (χ3n) is 1.94. The van der Waals surface area contributed by atoms with Crippen molar-refractivity contribution in [3.8, 4) is 5.75 Å². The van der Waals surface area contributed by atoms with Crippen molar-refractivity contribution in [2.75, 3.05) is 7.11 Å². The SMILES string of the molecule is COc1c(F)c(CN=C=O)cc(C)c1Cl. The minimum Gasteiger partial charge on any atom is -0.492 e. The highest BCUT2D eigenvalue weighted by Crippen LogP contribution is 2.33. The van der Waals surface area contributed by atoms with Gasteiger partial charge in [0.2, 0.25) is 6.08 Å². The summed E-state index contributed by atoms with van der Waals surface area (Å²) in [7, 11) is 1.33. The molecule has 0 fully saturated rings. The molecule has 0 atom stereocenters. The summed E-state index contributed by atoms with van der Waals surface area (Å²) in [5.41, 5.74) is 0.933. The Morgan fingerprint density at radius 2 is 2.33 bits per heavy atom. The summed E-state index contributed by atoms with van der Waals surface area (Å²) in [6, 6.07) is 1.53. The number of carbonyl (C=O) groups excluding carboxylic acids is 1. The molecule has 0 aliphatic carbocycles. The summed E-state index contributed by atoms with van der Waals surface area (Å²) in [4.78, 5) is 13.2. The molecular formula is C10H9ClFNO2. The van der Waals surface area contributed by atoms with Crippen LogP contribution in [0, 0.1) is 12.7 Å². The summed E-state index contributed by atoms with van der Waals surface area (Å²) in [5, 5.41) is 0.230. The molecule has 0 spiro atoms. The summed E-state index contributed by atoms with van der Waals surface area (Å²) in [6.07, 6.45) is 1.35. The van der Waals surface area contributed by atoms with E-state index in [1.807, 2.05) is 0 Å². The molecule has 0 amide bonds. The fraction of sp³-hybridized carbons (Fsp3) is 0.300. The Labute approximate surface area is 91.5 Å². The van der Waals surface area contributed by atoms with Gasteiger partial charge >= 0.3 is 0 Å². The Kier molecular flexibility index (Phi) is 3.83. The van der Waals surface area contributed by atoms with Crippen molar-refractivity contribution in [3.63, 3.8) is 0 Å². The fourth-order valence-electron chi connectivity index (χ4n) is 1.22. The van der Waals surface area contributed by atoms with E-state index in [1.54, 1.807) is 6.92 Å². The molecule has 0 unspecified atom stereocenters. The van der Waals surface area contributed by atoms with Gasteiger partial charge in [-0.1, -0.05) is 11.6 Å². The molecule has 0 aromatic heterocycles. The Hall–Kier alpha value is -1.38. The second-order valence-electron chi connectivity index (χ2n) is 2.92. The molecule has 0 saturated heterocycles. The van der Waals surface area contributed by atoms with Crippen LogP contribution in [-0.2, 0) is 11.3 Å². The Balaban J connectivity index is 3.29. The number of benzene rings is 1. The van der Waals surface area contributed by atoms with Crippen LogP contribution in [0.15, 0.2) is 11.1 Å². The van der Waals surface area contributed by atoms with E-state index in [4.69, 9.17) is 16.3 Å². The number of hydrogen-bond acceptors (Lipinski definition) is 3. The van der Waals surface area contributed by atoms with E-state index in [0.29, 0.717) is 5.56 Å². The molecule has 15 heavy (non-hydrogen) atoms. The Bertz CT molecular complexity index is 428. The molecule has 0 bridgehead atoms. The van der Waals surface area contributed by atoms with Gasteiger partial charge in [-0.05, 0) is 18.6 Å². The molecule has 1 aromatic carbocycles. The van der Waals surface area contributed by atoms with Crippen LogP contribution < -0.4 is 4.74 Å². The predicted octanol–water partition coefficient (Wildman–Crippen LogP) is 2.63. The van der Waals surface area contributed by atoms with Gasteiger partial charge < -0.3 is 4.74 Å². The van der Waals surface area contributed by atoms with Crippen LogP contribution in [0.2, 0.25) is 5.02 Å². The minimum atomic E-state index is -0.591. The highest BCUT2D eigenvalue weighted by Gasteiger charge is 2.15. The molecule has 0 heterocycles. The highest BCUT2D eigenvalue weighted by molar-refractivity contribution is 6.32. The van der Waals surface area contributed by atoms with Gasteiger partial charge in [-0.15, -0.1) is 0 Å². The van der Waals surface area contributed by atoms with Crippen molar-refractivity contribution in [2.24, 2.45) is 4.99 Å². The van der Waals surface area contributed by atoms with Gasteiger partial charge in [0.25, 0.3) is 0 Å². The van der Waals surface area contributed by atoms with E-state index in [1.165, 1.54) is 19.3 Å². The minimum absolute atomic E-state index is 0.0206. The zero-order valence-electron chi connectivity index (χ0n) is 8.30. The summed E-state index contributed by atoms with van der Waals surface area (Å²) in [5.74, 6) is -0.611. The summed E-state index contributed by atoms with van der Waals surface area (Å²) < 4.78 is 18.5. The first kappa shape index (κ1) is 11.7. The van der Waals surface area contributed by atoms with Gasteiger partial charge in [0, 0.05) is 5.56 Å². The van der Waals surface area contributed by atoms with E-state index in [9.17, 15) is 9.18 Å². The van der Waals surface area contributed by atoms with E-state index >= 15 is 0 Å². The third-order valence-corrected chi connectivity index (χ3v) is 2.41. The molecule has 1 aromatic rings. The lowest BCUT2D eigenvalue weighted by atomic mass is 10.1. The standard InChI is InChI=1S/C10H9ClFNO2/c1-6-3-7(4-13-5-14)9(12)10(15-2)8(6)11/h3H,4H2,1-2H3. The monoisotopic (exact) mass is 229 g/mol. The molecule has 0 aliphatic heterocycles. The first-order valence-corrected chi connectivity index (χ1v) is 4.54. The average molecular weight is 230 g/mol. The van der Waals surface area contributed by atoms with E-state index in [0.717, 1.165) is 0 Å². The van der Waals surface area contributed by atoms with Gasteiger partial charge in [0.15, 0.2) is 11.6 Å². The maximum absolute atomic E-state index is 13.6. The number of nitrogens with zero attached hydrogens (tertiary/aromatic N) is 1. The maximum Gasteiger partial charge on any atom is 0.235 e. The van der Waals surface area contributed by atoms with E-state index in [2.05, 4.69) is 4.99 Å². The Morgan fingerprint density at radius 1 is 1.67 bits per heavy atom. The van der Waals surface area contributed by atoms with Crippen LogP contribution in [0.3, 0.4) is 0 Å². The van der Waals surface area contributed by atoms with E-state index < -0.39 is 5.82 Å². The number of aryl methyl sites for hydroxylation is 1. The number of halogens is 2. The molecule has 5 heteroatoms. The van der Waals surface area contributed by atoms with Crippen LogP contribution in [-0.4, -0.2) is 13.2 Å². The topological polar surface area (TPSA) is 38.7 Å². The summed E-state index contributed by atoms with van der Waals surface area (Å²) >= 11 is 5.83. The van der Waals surface area contributed by atoms with Crippen molar-refractivity contribution in [1.29, 1.82) is 0 Å². The second kappa shape index (κ2) is 4.91. The van der Waals surface area contributed by atoms with Gasteiger partial charge in [0.1, 0.15) is 0 Å². The molecule has 0 aliphatic rings. The van der Waals surface area contributed by atoms with Crippen LogP contribution in [0.5, 0.6) is 5.75 Å². The number of ether oxygens (including phenoxy) is 1. The molecule has 80 valence electrons. The third kappa shape index (κ3) is 2.35. The summed E-state index contributed by atoms with van der Waals surface area (Å²) in [6.45, 7) is 1.65. The van der Waals surface area contributed by atoms with Gasteiger partial charge in [-0.25, -0.2) is 14.2 Å². The lowest BCUT2D eigenvalue weighted by molar-refractivity contribution is 0.384. The first-order chi connectivity index (χ1) is 7.11. The van der Waals surface area contributed by atoms with Crippen LogP contribution in [0.1, 0.15) is 11.1 Å². The number of rotatable bonds is 3. The van der Waals surface area contributed by atoms with Gasteiger partial charge in [-0.2, -0.15) is 0 Å². The van der Waals surface area contributed by atoms with Gasteiger partial charge in [-0.3, -0.25) is 0 Å². The van der Waals surface area contributed by atoms with Crippen LogP contribution >= 0.6 is 11.6 Å². The zero-order chi connectivity index (χ0) is 11.4. The maximum atomic E-state index is 13.6. The second-order valence-corrected chi connectivity index (χ2v) is 3.30. The predicted molar refractivity (Wildman–Crippen MR) is 54.5 cm³/mol. The number of isocyanates is 1. The van der Waals surface area contributed by atoms with Crippen molar-refractivity contribution in [2.45, 2.75) is 13.5 Å². The fourth-order valence-corrected chi connectivity index (χ4v) is 1.44. The molecule has 0 radical (unpaired) electrons. The number of methoxy groups -OCH3 is 1. The van der Waals surface area contributed by atoms with Crippen LogP contribution in [0.25, 0.3) is 0 Å². The smallest absolute Gasteiger partial charge is 0.235 e. The lowest BCUT2D eigenvalue weighted by Gasteiger charge is -2.10. The average Bonchev–Trinajstić information content (AvgIpc) is 2.22. The normalized spacial score (nSPS) is 9.60. The molecule has 3 nitrogen and oxygen atoms in total. The molecule has 0 saturated carbocycles. The molecule has 1 rings (SSSR count). The number of aliphatic imine (C=N–C) groups is 1. The quantitative estimate of drug-likeness (QED) is 0.590.